The van der Waals surface area contributed by atoms with Crippen molar-refractivity contribution in [3.63, 3.8) is 0 Å². The van der Waals surface area contributed by atoms with Gasteiger partial charge in [-0.25, -0.2) is 9.13 Å². The van der Waals surface area contributed by atoms with Crippen LogP contribution in [-0.4, -0.2) is 96.7 Å². The van der Waals surface area contributed by atoms with Crippen LogP contribution in [0.1, 0.15) is 310 Å². The van der Waals surface area contributed by atoms with E-state index in [0.717, 1.165) is 186 Å². The molecule has 0 aliphatic rings. The fourth-order valence-electron chi connectivity index (χ4n) is 10.2. The van der Waals surface area contributed by atoms with Crippen LogP contribution in [0, 0.1) is 0 Å². The maximum absolute atomic E-state index is 13.1. The van der Waals surface area contributed by atoms with Crippen molar-refractivity contribution in [3.05, 3.63) is 146 Å². The zero-order valence-corrected chi connectivity index (χ0v) is 66.7. The van der Waals surface area contributed by atoms with Gasteiger partial charge < -0.3 is 33.8 Å². The van der Waals surface area contributed by atoms with E-state index in [4.69, 9.17) is 37.0 Å². The standard InChI is InChI=1S/C85H142O17P2/c1-5-9-13-17-21-25-29-32-35-37-39-41-44-47-51-54-58-62-66-70-83(88)96-76-81(102-85(90)72-68-64-60-56-52-48-45-42-40-38-36-33-30-26-22-18-14-10-6-2)78-100-104(93,94)98-74-79(86)73-97-103(91,92)99-77-80(101-84(89)71-67-63-59-55-49-28-24-20-16-12-8-4)75-95-82(87)69-65-61-57-53-50-46-43-34-31-27-23-19-15-11-7-3/h11,15,20-27,32-36,39-43,50,53,61,65,79-81,86H,5-10,12-14,16-19,28-31,37-38,44-49,51-52,54-60,62-64,66-78H2,1-4H3,(H,91,92)(H,93,94)/b15-11-,24-20-,25-21-,26-22-,27-23-,35-32-,36-33-,41-39-,42-40-,43-34-,53-50-,65-61-. The van der Waals surface area contributed by atoms with E-state index in [1.165, 1.54) is 44.9 Å². The number of hydrogen-bond acceptors (Lipinski definition) is 15. The Kier molecular flexibility index (Phi) is 72.4. The molecule has 17 nitrogen and oxygen atoms in total. The molecule has 0 aliphatic carbocycles. The lowest BCUT2D eigenvalue weighted by Crippen LogP contribution is -2.30. The van der Waals surface area contributed by atoms with Crippen molar-refractivity contribution in [1.82, 2.24) is 0 Å². The molecule has 5 unspecified atom stereocenters. The Morgan fingerprint density at radius 2 is 0.548 bits per heavy atom. The maximum atomic E-state index is 13.1. The van der Waals surface area contributed by atoms with Gasteiger partial charge in [-0.1, -0.05) is 283 Å². The topological polar surface area (TPSA) is 237 Å². The third kappa shape index (κ3) is 75.2. The third-order valence-corrected chi connectivity index (χ3v) is 18.2. The number of rotatable bonds is 74. The first kappa shape index (κ1) is 98.9. The van der Waals surface area contributed by atoms with E-state index in [1.807, 2.05) is 18.2 Å². The number of hydrogen-bond donors (Lipinski definition) is 3. The summed E-state index contributed by atoms with van der Waals surface area (Å²) < 4.78 is 68.4. The Morgan fingerprint density at radius 1 is 0.288 bits per heavy atom. The van der Waals surface area contributed by atoms with E-state index in [-0.39, 0.29) is 25.7 Å². The summed E-state index contributed by atoms with van der Waals surface area (Å²) in [5, 5.41) is 10.6. The molecule has 0 saturated carbocycles. The minimum absolute atomic E-state index is 0.0610. The van der Waals surface area contributed by atoms with Crippen LogP contribution in [-0.2, 0) is 65.4 Å². The fourth-order valence-corrected chi connectivity index (χ4v) is 11.7. The molecule has 0 aliphatic heterocycles. The Hall–Kier alpha value is -5.06. The first-order chi connectivity index (χ1) is 50.7. The summed E-state index contributed by atoms with van der Waals surface area (Å²) in [4.78, 5) is 72.9. The number of unbranched alkanes of at least 4 members (excludes halogenated alkanes) is 25. The highest BCUT2D eigenvalue weighted by Gasteiger charge is 2.30. The molecule has 3 N–H and O–H groups in total. The molecular formula is C85H142O17P2. The normalized spacial score (nSPS) is 14.6. The molecule has 0 bridgehead atoms. The lowest BCUT2D eigenvalue weighted by Gasteiger charge is -2.21. The van der Waals surface area contributed by atoms with Crippen molar-refractivity contribution < 1.29 is 80.2 Å². The Bertz CT molecular complexity index is 2540. The molecular weight excluding hydrogens is 1350 g/mol. The second kappa shape index (κ2) is 76.1. The first-order valence-electron chi connectivity index (χ1n) is 40.1. The minimum Gasteiger partial charge on any atom is -0.462 e. The summed E-state index contributed by atoms with van der Waals surface area (Å²) in [5.74, 6) is -2.36. The molecule has 594 valence electrons. The van der Waals surface area contributed by atoms with Gasteiger partial charge >= 0.3 is 39.5 Å². The quantitative estimate of drug-likeness (QED) is 0.0169. The number of aliphatic hydroxyl groups is 1. The second-order valence-electron chi connectivity index (χ2n) is 26.3. The maximum Gasteiger partial charge on any atom is 0.472 e. The summed E-state index contributed by atoms with van der Waals surface area (Å²) in [6.45, 7) is 4.51. The van der Waals surface area contributed by atoms with Crippen LogP contribution >= 0.6 is 15.6 Å². The molecule has 0 spiro atoms. The predicted octanol–water partition coefficient (Wildman–Crippen LogP) is 23.4. The van der Waals surface area contributed by atoms with Gasteiger partial charge in [0.25, 0.3) is 0 Å². The van der Waals surface area contributed by atoms with Crippen molar-refractivity contribution in [2.75, 3.05) is 39.6 Å². The molecule has 5 atom stereocenters. The molecule has 0 aromatic carbocycles. The van der Waals surface area contributed by atoms with E-state index < -0.39 is 97.5 Å². The molecule has 0 heterocycles. The monoisotopic (exact) mass is 1500 g/mol. The number of phosphoric acid groups is 2. The van der Waals surface area contributed by atoms with Gasteiger partial charge in [0.1, 0.15) is 19.3 Å². The summed E-state index contributed by atoms with van der Waals surface area (Å²) in [5.41, 5.74) is 0. The average Bonchev–Trinajstić information content (AvgIpc) is 0.928. The van der Waals surface area contributed by atoms with E-state index in [2.05, 4.69) is 149 Å². The van der Waals surface area contributed by atoms with Gasteiger partial charge in [0, 0.05) is 19.3 Å². The number of phosphoric ester groups is 2. The number of aliphatic hydroxyl groups excluding tert-OH is 1. The number of ether oxygens (including phenoxy) is 4. The summed E-state index contributed by atoms with van der Waals surface area (Å²) in [6, 6.07) is 0. The highest BCUT2D eigenvalue weighted by Crippen LogP contribution is 2.45. The van der Waals surface area contributed by atoms with E-state index >= 15 is 0 Å². The number of allylic oxidation sites excluding steroid dienone is 23. The van der Waals surface area contributed by atoms with Gasteiger partial charge in [0.2, 0.25) is 0 Å². The molecule has 0 aromatic heterocycles. The van der Waals surface area contributed by atoms with Crippen molar-refractivity contribution >= 4 is 39.5 Å². The van der Waals surface area contributed by atoms with Gasteiger partial charge in [0.15, 0.2) is 12.2 Å². The van der Waals surface area contributed by atoms with Crippen LogP contribution in [0.5, 0.6) is 0 Å². The summed E-state index contributed by atoms with van der Waals surface area (Å²) in [7, 11) is -10.00. The molecule has 0 rings (SSSR count). The molecule has 0 aromatic rings. The van der Waals surface area contributed by atoms with Gasteiger partial charge in [-0.15, -0.1) is 0 Å². The van der Waals surface area contributed by atoms with Crippen molar-refractivity contribution in [2.24, 2.45) is 0 Å². The third-order valence-electron chi connectivity index (χ3n) is 16.3. The van der Waals surface area contributed by atoms with Crippen molar-refractivity contribution in [2.45, 2.75) is 329 Å². The number of carbonyl (C=O) groups excluding carboxylic acids is 4. The van der Waals surface area contributed by atoms with E-state index in [0.29, 0.717) is 25.7 Å². The Balaban J connectivity index is 5.43. The molecule has 104 heavy (non-hydrogen) atoms. The second-order valence-corrected chi connectivity index (χ2v) is 29.2. The van der Waals surface area contributed by atoms with Crippen molar-refractivity contribution in [1.29, 1.82) is 0 Å². The lowest BCUT2D eigenvalue weighted by atomic mass is 10.1. The SMILES string of the molecule is CC/C=C\C/C=C\C/C=C\C/C=C\C/C=C\CC(=O)OCC(COP(=O)(O)OCC(O)COP(=O)(O)OCC(COC(=O)CCCCCCCC/C=C\C/C=C\C/C=C\CCCCC)OC(=O)CCCCCCCC/C=C\C/C=C\C/C=C\CCCCC)OC(=O)CCCCCCC/C=C\CCCC. The average molecular weight is 1500 g/mol. The Morgan fingerprint density at radius 3 is 0.894 bits per heavy atom. The van der Waals surface area contributed by atoms with Crippen LogP contribution in [0.25, 0.3) is 0 Å². The minimum atomic E-state index is -5.00. The zero-order valence-electron chi connectivity index (χ0n) is 64.9. The molecule has 19 heteroatoms. The predicted molar refractivity (Wildman–Crippen MR) is 427 cm³/mol. The number of carbonyl (C=O) groups is 4. The highest BCUT2D eigenvalue weighted by molar-refractivity contribution is 7.47. The van der Waals surface area contributed by atoms with Crippen LogP contribution in [0.2, 0.25) is 0 Å². The zero-order chi connectivity index (χ0) is 76.0. The Labute approximate surface area is 630 Å². The molecule has 0 amide bonds. The van der Waals surface area contributed by atoms with Gasteiger partial charge in [0.05, 0.1) is 32.8 Å². The smallest absolute Gasteiger partial charge is 0.462 e. The van der Waals surface area contributed by atoms with Gasteiger partial charge in [-0.2, -0.15) is 0 Å². The number of esters is 4. The highest BCUT2D eigenvalue weighted by atomic mass is 31.2. The molecule has 0 radical (unpaired) electrons. The summed E-state index contributed by atoms with van der Waals surface area (Å²) >= 11 is 0. The van der Waals surface area contributed by atoms with Crippen LogP contribution in [0.4, 0.5) is 0 Å². The van der Waals surface area contributed by atoms with E-state index in [1.54, 1.807) is 6.08 Å². The van der Waals surface area contributed by atoms with Crippen LogP contribution < -0.4 is 0 Å². The fraction of sp³-hybridized carbons (Fsp3) is 0.671. The largest absolute Gasteiger partial charge is 0.472 e. The van der Waals surface area contributed by atoms with Gasteiger partial charge in [-0.3, -0.25) is 37.3 Å². The molecule has 0 fully saturated rings. The van der Waals surface area contributed by atoms with Gasteiger partial charge in [-0.05, 0) is 148 Å². The van der Waals surface area contributed by atoms with E-state index in [9.17, 15) is 43.2 Å². The summed E-state index contributed by atoms with van der Waals surface area (Å²) in [6.07, 6.45) is 87.2. The van der Waals surface area contributed by atoms with Crippen molar-refractivity contribution in [3.8, 4) is 0 Å². The van der Waals surface area contributed by atoms with Crippen LogP contribution in [0.15, 0.2) is 146 Å². The first-order valence-corrected chi connectivity index (χ1v) is 43.1. The van der Waals surface area contributed by atoms with Crippen LogP contribution in [0.3, 0.4) is 0 Å². The lowest BCUT2D eigenvalue weighted by molar-refractivity contribution is -0.161. The molecule has 0 saturated heterocycles.